The normalized spacial score (nSPS) is 14.2. The van der Waals surface area contributed by atoms with Crippen LogP contribution in [0.5, 0.6) is 0 Å². The van der Waals surface area contributed by atoms with Crippen LogP contribution in [0.4, 0.5) is 5.69 Å². The summed E-state index contributed by atoms with van der Waals surface area (Å²) in [6, 6.07) is 5.57. The van der Waals surface area contributed by atoms with Gasteiger partial charge in [-0.1, -0.05) is 0 Å². The molecular formula is C13H19N3O3S. The lowest BCUT2D eigenvalue weighted by molar-refractivity contribution is 0.0953. The van der Waals surface area contributed by atoms with Crippen molar-refractivity contribution in [2.75, 3.05) is 24.2 Å². The van der Waals surface area contributed by atoms with Gasteiger partial charge >= 0.3 is 0 Å². The smallest absolute Gasteiger partial charge is 0.251 e. The van der Waals surface area contributed by atoms with Gasteiger partial charge in [0.25, 0.3) is 5.91 Å². The summed E-state index contributed by atoms with van der Waals surface area (Å²) in [6.07, 6.45) is 2.35. The van der Waals surface area contributed by atoms with Crippen molar-refractivity contribution in [1.82, 2.24) is 5.32 Å². The number of hydrogen-bond donors (Lipinski definition) is 3. The molecule has 0 fully saturated rings. The Labute approximate surface area is 118 Å². The highest BCUT2D eigenvalue weighted by Crippen LogP contribution is 2.22. The number of carbonyl (C=O) groups is 1. The molecule has 1 aliphatic rings. The fourth-order valence-corrected chi connectivity index (χ4v) is 2.74. The molecule has 0 aromatic heterocycles. The monoisotopic (exact) mass is 297 g/mol. The zero-order chi connectivity index (χ0) is 14.6. The van der Waals surface area contributed by atoms with Crippen molar-refractivity contribution in [2.24, 2.45) is 5.14 Å². The molecule has 0 aliphatic carbocycles. The highest BCUT2D eigenvalue weighted by Gasteiger charge is 2.12. The Balaban J connectivity index is 1.89. The largest absolute Gasteiger partial charge is 0.385 e. The van der Waals surface area contributed by atoms with Crippen LogP contribution in [0.1, 0.15) is 28.8 Å². The SMILES string of the molecule is NS(=O)(=O)CCCNC(=O)c1ccc2c(c1)CCCN2. The summed E-state index contributed by atoms with van der Waals surface area (Å²) in [7, 11) is -3.46. The van der Waals surface area contributed by atoms with Gasteiger partial charge in [0.1, 0.15) is 0 Å². The van der Waals surface area contributed by atoms with Crippen LogP contribution in [0.2, 0.25) is 0 Å². The number of nitrogens with two attached hydrogens (primary N) is 1. The molecule has 0 spiro atoms. The van der Waals surface area contributed by atoms with Crippen molar-refractivity contribution >= 4 is 21.6 Å². The number of nitrogens with one attached hydrogen (secondary N) is 2. The van der Waals surface area contributed by atoms with Gasteiger partial charge in [-0.3, -0.25) is 4.79 Å². The first kappa shape index (κ1) is 14.8. The number of anilines is 1. The summed E-state index contributed by atoms with van der Waals surface area (Å²) in [4.78, 5) is 11.9. The molecule has 1 heterocycles. The van der Waals surface area contributed by atoms with Crippen LogP contribution < -0.4 is 15.8 Å². The molecule has 0 saturated carbocycles. The Bertz CT molecular complexity index is 599. The highest BCUT2D eigenvalue weighted by atomic mass is 32.2. The second kappa shape index (κ2) is 6.23. The molecule has 0 bridgehead atoms. The van der Waals surface area contributed by atoms with E-state index in [9.17, 15) is 13.2 Å². The lowest BCUT2D eigenvalue weighted by Crippen LogP contribution is -2.27. The molecule has 2 rings (SSSR count). The molecule has 0 saturated heterocycles. The van der Waals surface area contributed by atoms with E-state index in [0.29, 0.717) is 18.5 Å². The van der Waals surface area contributed by atoms with Gasteiger partial charge in [0.15, 0.2) is 0 Å². The lowest BCUT2D eigenvalue weighted by Gasteiger charge is -2.18. The average molecular weight is 297 g/mol. The molecule has 110 valence electrons. The van der Waals surface area contributed by atoms with Crippen LogP contribution in [0.15, 0.2) is 18.2 Å². The number of primary sulfonamides is 1. The van der Waals surface area contributed by atoms with E-state index in [4.69, 9.17) is 5.14 Å². The number of hydrogen-bond acceptors (Lipinski definition) is 4. The second-order valence-corrected chi connectivity index (χ2v) is 6.61. The molecular weight excluding hydrogens is 278 g/mol. The summed E-state index contributed by atoms with van der Waals surface area (Å²) in [5, 5.41) is 10.9. The van der Waals surface area contributed by atoms with Crippen molar-refractivity contribution in [3.63, 3.8) is 0 Å². The maximum absolute atomic E-state index is 11.9. The molecule has 20 heavy (non-hydrogen) atoms. The maximum atomic E-state index is 11.9. The Kier molecular flexibility index (Phi) is 4.61. The average Bonchev–Trinajstić information content (AvgIpc) is 2.42. The van der Waals surface area contributed by atoms with Crippen molar-refractivity contribution in [3.05, 3.63) is 29.3 Å². The number of amides is 1. The maximum Gasteiger partial charge on any atom is 0.251 e. The number of aryl methyl sites for hydroxylation is 1. The molecule has 7 heteroatoms. The Hall–Kier alpha value is -1.60. The lowest BCUT2D eigenvalue weighted by atomic mass is 10.0. The number of rotatable bonds is 5. The molecule has 0 atom stereocenters. The minimum absolute atomic E-state index is 0.124. The van der Waals surface area contributed by atoms with Gasteiger partial charge in [0.2, 0.25) is 10.0 Å². The molecule has 1 amide bonds. The summed E-state index contributed by atoms with van der Waals surface area (Å²) in [5.41, 5.74) is 2.83. The van der Waals surface area contributed by atoms with E-state index in [-0.39, 0.29) is 11.7 Å². The third kappa shape index (κ3) is 4.21. The van der Waals surface area contributed by atoms with Crippen LogP contribution in [0.25, 0.3) is 0 Å². The quantitative estimate of drug-likeness (QED) is 0.687. The van der Waals surface area contributed by atoms with E-state index in [1.54, 1.807) is 6.07 Å². The van der Waals surface area contributed by atoms with E-state index >= 15 is 0 Å². The predicted octanol–water partition coefficient (Wildman–Crippen LogP) is 0.453. The molecule has 1 aliphatic heterocycles. The number of sulfonamides is 1. The van der Waals surface area contributed by atoms with E-state index < -0.39 is 10.0 Å². The third-order valence-electron chi connectivity index (χ3n) is 3.20. The molecule has 0 unspecified atom stereocenters. The van der Waals surface area contributed by atoms with E-state index in [2.05, 4.69) is 10.6 Å². The van der Waals surface area contributed by atoms with Gasteiger partial charge in [-0.05, 0) is 43.0 Å². The Morgan fingerprint density at radius 3 is 2.95 bits per heavy atom. The molecule has 4 N–H and O–H groups in total. The number of carbonyl (C=O) groups excluding carboxylic acids is 1. The van der Waals surface area contributed by atoms with Gasteiger partial charge in [-0.2, -0.15) is 0 Å². The second-order valence-electron chi connectivity index (χ2n) is 4.88. The molecule has 1 aromatic carbocycles. The molecule has 0 radical (unpaired) electrons. The first-order chi connectivity index (χ1) is 9.46. The Morgan fingerprint density at radius 1 is 1.40 bits per heavy atom. The van der Waals surface area contributed by atoms with Gasteiger partial charge in [0, 0.05) is 24.3 Å². The topological polar surface area (TPSA) is 101 Å². The fourth-order valence-electron chi connectivity index (χ4n) is 2.19. The van der Waals surface area contributed by atoms with Crippen LogP contribution in [0, 0.1) is 0 Å². The third-order valence-corrected chi connectivity index (χ3v) is 4.05. The highest BCUT2D eigenvalue weighted by molar-refractivity contribution is 7.89. The summed E-state index contributed by atoms with van der Waals surface area (Å²) >= 11 is 0. The van der Waals surface area contributed by atoms with Gasteiger partial charge < -0.3 is 10.6 Å². The van der Waals surface area contributed by atoms with E-state index in [0.717, 1.165) is 30.6 Å². The van der Waals surface area contributed by atoms with Gasteiger partial charge in [-0.15, -0.1) is 0 Å². The molecule has 6 nitrogen and oxygen atoms in total. The van der Waals surface area contributed by atoms with Crippen molar-refractivity contribution in [3.8, 4) is 0 Å². The molecule has 1 aromatic rings. The van der Waals surface area contributed by atoms with Gasteiger partial charge in [-0.25, -0.2) is 13.6 Å². The van der Waals surface area contributed by atoms with E-state index in [1.807, 2.05) is 12.1 Å². The Morgan fingerprint density at radius 2 is 2.20 bits per heavy atom. The first-order valence-electron chi connectivity index (χ1n) is 6.61. The number of benzene rings is 1. The summed E-state index contributed by atoms with van der Waals surface area (Å²) in [5.74, 6) is -0.311. The van der Waals surface area contributed by atoms with Crippen molar-refractivity contribution in [1.29, 1.82) is 0 Å². The van der Waals surface area contributed by atoms with Crippen LogP contribution >= 0.6 is 0 Å². The van der Waals surface area contributed by atoms with E-state index in [1.165, 1.54) is 0 Å². The zero-order valence-electron chi connectivity index (χ0n) is 11.2. The van der Waals surface area contributed by atoms with Crippen molar-refractivity contribution < 1.29 is 13.2 Å². The van der Waals surface area contributed by atoms with Crippen LogP contribution in [-0.4, -0.2) is 33.2 Å². The summed E-state index contributed by atoms with van der Waals surface area (Å²) < 4.78 is 21.5. The van der Waals surface area contributed by atoms with Gasteiger partial charge in [0.05, 0.1) is 5.75 Å². The van der Waals surface area contributed by atoms with Crippen LogP contribution in [-0.2, 0) is 16.4 Å². The standard InChI is InChI=1S/C13H19N3O3S/c14-20(18,19)8-2-7-16-13(17)11-4-5-12-10(9-11)3-1-6-15-12/h4-5,9,15H,1-3,6-8H2,(H,16,17)(H2,14,18,19). The first-order valence-corrected chi connectivity index (χ1v) is 8.33. The zero-order valence-corrected chi connectivity index (χ0v) is 12.0. The predicted molar refractivity (Wildman–Crippen MR) is 78.2 cm³/mol. The van der Waals surface area contributed by atoms with Crippen LogP contribution in [0.3, 0.4) is 0 Å². The number of fused-ring (bicyclic) bond motifs is 1. The van der Waals surface area contributed by atoms with Crippen molar-refractivity contribution in [2.45, 2.75) is 19.3 Å². The minimum atomic E-state index is -3.46. The fraction of sp³-hybridized carbons (Fsp3) is 0.462. The minimum Gasteiger partial charge on any atom is -0.385 e. The summed E-state index contributed by atoms with van der Waals surface area (Å²) in [6.45, 7) is 1.26.